The molecule has 0 N–H and O–H groups in total. The highest BCUT2D eigenvalue weighted by Crippen LogP contribution is 2.45. The molecule has 8 heterocycles. The van der Waals surface area contributed by atoms with Crippen LogP contribution in [0, 0.1) is 16.0 Å². The summed E-state index contributed by atoms with van der Waals surface area (Å²) in [5, 5.41) is 4.43. The molecule has 0 saturated carbocycles. The predicted molar refractivity (Wildman–Crippen MR) is 314 cm³/mol. The van der Waals surface area contributed by atoms with Crippen molar-refractivity contribution in [3.63, 3.8) is 0 Å². The minimum atomic E-state index is 1.14. The quantitative estimate of drug-likeness (QED) is 0.0474. The fourth-order valence-corrected chi connectivity index (χ4v) is 18.6. The van der Waals surface area contributed by atoms with E-state index >= 15 is 0 Å². The molecule has 0 aliphatic carbocycles. The molecule has 0 nitrogen and oxygen atoms in total. The number of hydrogen-bond donors (Lipinski definition) is 0. The van der Waals surface area contributed by atoms with Gasteiger partial charge in [-0.15, -0.1) is 90.7 Å². The van der Waals surface area contributed by atoms with E-state index in [1.807, 2.05) is 56.7 Å². The van der Waals surface area contributed by atoms with Crippen LogP contribution in [0.2, 0.25) is 0 Å². The lowest BCUT2D eigenvalue weighted by molar-refractivity contribution is 0.666. The lowest BCUT2D eigenvalue weighted by Crippen LogP contribution is -2.05. The van der Waals surface area contributed by atoms with Crippen LogP contribution in [0.5, 0.6) is 0 Å². The van der Waals surface area contributed by atoms with Crippen molar-refractivity contribution in [1.29, 1.82) is 0 Å². The Morgan fingerprint density at radius 2 is 1.00 bits per heavy atom. The third-order valence-corrected chi connectivity index (χ3v) is 22.8. The lowest BCUT2D eigenvalue weighted by atomic mass is 10.0. The maximum absolute atomic E-state index is 2.67. The van der Waals surface area contributed by atoms with Crippen molar-refractivity contribution >= 4 is 102 Å². The van der Waals surface area contributed by atoms with E-state index in [0.29, 0.717) is 0 Å². The molecular formula is C60H72S8. The summed E-state index contributed by atoms with van der Waals surface area (Å²) in [6, 6.07) is 29.0. The van der Waals surface area contributed by atoms with Crippen molar-refractivity contribution in [2.24, 2.45) is 0 Å². The summed E-state index contributed by atoms with van der Waals surface area (Å²) < 4.78 is 5.94. The molecule has 0 aromatic carbocycles. The minimum absolute atomic E-state index is 1.14. The average molecular weight is 1050 g/mol. The second-order valence-electron chi connectivity index (χ2n) is 18.6. The Morgan fingerprint density at radius 3 is 1.59 bits per heavy atom. The Bertz CT molecular complexity index is 2980. The van der Waals surface area contributed by atoms with E-state index in [9.17, 15) is 0 Å². The molecule has 8 aromatic rings. The zero-order valence-electron chi connectivity index (χ0n) is 41.5. The maximum atomic E-state index is 2.67. The molecule has 8 aromatic heterocycles. The van der Waals surface area contributed by atoms with Gasteiger partial charge in [0.2, 0.25) is 0 Å². The molecule has 0 saturated heterocycles. The second kappa shape index (κ2) is 26.2. The van der Waals surface area contributed by atoms with Crippen molar-refractivity contribution in [2.45, 2.75) is 170 Å². The zero-order chi connectivity index (χ0) is 47.2. The molecule has 0 spiro atoms. The van der Waals surface area contributed by atoms with Gasteiger partial charge in [-0.1, -0.05) is 117 Å². The number of aryl methyl sites for hydroxylation is 5. The number of thiophene rings is 8. The predicted octanol–water partition coefficient (Wildman–Crippen LogP) is 20.7. The highest BCUT2D eigenvalue weighted by atomic mass is 32.1. The van der Waals surface area contributed by atoms with Crippen molar-refractivity contribution in [1.82, 2.24) is 0 Å². The van der Waals surface area contributed by atoms with E-state index in [1.54, 1.807) is 22.3 Å². The summed E-state index contributed by atoms with van der Waals surface area (Å²) in [6.45, 7) is 14.1. The topological polar surface area (TPSA) is 0 Å². The van der Waals surface area contributed by atoms with E-state index in [-0.39, 0.29) is 0 Å². The summed E-state index contributed by atoms with van der Waals surface area (Å²) in [4.78, 5) is 14.3. The summed E-state index contributed by atoms with van der Waals surface area (Å²) in [5.41, 5.74) is 9.14. The van der Waals surface area contributed by atoms with Gasteiger partial charge in [-0.3, -0.25) is 0 Å². The van der Waals surface area contributed by atoms with Gasteiger partial charge in [0, 0.05) is 72.5 Å². The first-order valence-corrected chi connectivity index (χ1v) is 32.5. The molecule has 0 aliphatic rings. The number of rotatable bonds is 26. The van der Waals surface area contributed by atoms with Crippen LogP contribution in [0.3, 0.4) is 0 Å². The van der Waals surface area contributed by atoms with Crippen LogP contribution in [0.25, 0.3) is 40.4 Å². The monoisotopic (exact) mass is 1050 g/mol. The van der Waals surface area contributed by atoms with Crippen LogP contribution in [0.4, 0.5) is 0 Å². The minimum Gasteiger partial charge on any atom is -0.143 e. The van der Waals surface area contributed by atoms with Crippen LogP contribution in [-0.2, 0) is 25.7 Å². The summed E-state index contributed by atoms with van der Waals surface area (Å²) in [5.74, 6) is 0. The van der Waals surface area contributed by atoms with E-state index in [1.165, 1.54) is 187 Å². The standard InChI is InChI=1S/C60H72S8/c1-7-11-15-19-25-43-37-41(5)63-58(43)54-40-46(28-22-18-14-10-4)60(68-54)56(52-34-33-51(65-52)49-30-24-36-62-49)53-38-45(27-21-17-13-9-3)59(66-53)55-39-44(26-20-16-12-8-2)57(67-55)42(6)47-31-32-50(64-47)48-29-23-35-61-48/h23-24,29-40H,7-22,25-28H2,1-6H3/b56-53?,57-42?,59-55+. The van der Waals surface area contributed by atoms with E-state index < -0.39 is 0 Å². The molecule has 0 amide bonds. The Labute approximate surface area is 440 Å². The molecule has 0 unspecified atom stereocenters. The van der Waals surface area contributed by atoms with Crippen molar-refractivity contribution in [3.8, 4) is 29.3 Å². The van der Waals surface area contributed by atoms with Crippen molar-refractivity contribution in [3.05, 3.63) is 143 Å². The van der Waals surface area contributed by atoms with E-state index in [0.717, 1.165) is 19.3 Å². The second-order valence-corrected chi connectivity index (χ2v) is 27.1. The third-order valence-electron chi connectivity index (χ3n) is 13.2. The Kier molecular flexibility index (Phi) is 19.9. The maximum Gasteiger partial charge on any atom is 0.0481 e. The van der Waals surface area contributed by atoms with Crippen molar-refractivity contribution in [2.75, 3.05) is 0 Å². The Hall–Kier alpha value is -2.66. The molecule has 8 rings (SSSR count). The van der Waals surface area contributed by atoms with Crippen LogP contribution in [0.15, 0.2) is 83.6 Å². The molecule has 68 heavy (non-hydrogen) atoms. The Morgan fingerprint density at radius 1 is 0.441 bits per heavy atom. The largest absolute Gasteiger partial charge is 0.143 e. The average Bonchev–Trinajstić information content (AvgIpc) is 4.20. The van der Waals surface area contributed by atoms with E-state index in [2.05, 4.69) is 159 Å². The van der Waals surface area contributed by atoms with Crippen LogP contribution >= 0.6 is 90.7 Å². The highest BCUT2D eigenvalue weighted by molar-refractivity contribution is 7.24. The molecule has 0 bridgehead atoms. The van der Waals surface area contributed by atoms with Gasteiger partial charge in [-0.05, 0) is 164 Å². The van der Waals surface area contributed by atoms with Crippen LogP contribution < -0.4 is 9.06 Å². The molecule has 360 valence electrons. The van der Waals surface area contributed by atoms with Gasteiger partial charge >= 0.3 is 0 Å². The third kappa shape index (κ3) is 13.1. The molecule has 0 atom stereocenters. The van der Waals surface area contributed by atoms with Gasteiger partial charge in [-0.2, -0.15) is 0 Å². The van der Waals surface area contributed by atoms with Gasteiger partial charge < -0.3 is 0 Å². The normalized spacial score (nSPS) is 13.3. The summed E-state index contributed by atoms with van der Waals surface area (Å²) in [7, 11) is 0. The summed E-state index contributed by atoms with van der Waals surface area (Å²) in [6.07, 6.45) is 25.2. The zero-order valence-corrected chi connectivity index (χ0v) is 48.0. The van der Waals surface area contributed by atoms with Gasteiger partial charge in [0.15, 0.2) is 0 Å². The smallest absolute Gasteiger partial charge is 0.0481 e. The molecule has 8 heteroatoms. The fourth-order valence-electron chi connectivity index (χ4n) is 9.43. The molecule has 0 aliphatic heterocycles. The van der Waals surface area contributed by atoms with Crippen molar-refractivity contribution < 1.29 is 0 Å². The van der Waals surface area contributed by atoms with Gasteiger partial charge in [0.1, 0.15) is 0 Å². The number of hydrogen-bond acceptors (Lipinski definition) is 8. The molecular weight excluding hydrogens is 977 g/mol. The van der Waals surface area contributed by atoms with Gasteiger partial charge in [-0.25, -0.2) is 0 Å². The first kappa shape index (κ1) is 51.7. The van der Waals surface area contributed by atoms with Gasteiger partial charge in [0.25, 0.3) is 0 Å². The van der Waals surface area contributed by atoms with Gasteiger partial charge in [0.05, 0.1) is 0 Å². The highest BCUT2D eigenvalue weighted by Gasteiger charge is 2.22. The first-order valence-electron chi connectivity index (χ1n) is 25.9. The molecule has 0 radical (unpaired) electrons. The van der Waals surface area contributed by atoms with E-state index in [4.69, 9.17) is 0 Å². The Balaban J connectivity index is 1.37. The summed E-state index contributed by atoms with van der Waals surface area (Å²) >= 11 is 16.0. The SMILES string of the molecule is CCCCCCc1cc(-c2sc(C)cc2CCCCCC)sc1C(c1ccc(-c2cccs2)s1)=c1cc(CCCCCC)/c(=c2/cc(CCCCCC)c(=C(C)c3ccc(-c4cccs4)s3)s2)s1. The van der Waals surface area contributed by atoms with Crippen LogP contribution in [-0.4, -0.2) is 0 Å². The number of unbranched alkanes of at least 4 members (excludes halogenated alkanes) is 12. The fraction of sp³-hybridized carbons (Fsp3) is 0.433. The first-order chi connectivity index (χ1) is 33.4. The molecule has 0 fully saturated rings. The van der Waals surface area contributed by atoms with Crippen LogP contribution in [0.1, 0.15) is 179 Å². The lowest BCUT2D eigenvalue weighted by Gasteiger charge is -2.07.